The molecule has 1 atom stereocenters. The van der Waals surface area contributed by atoms with Crippen molar-refractivity contribution in [3.63, 3.8) is 0 Å². The van der Waals surface area contributed by atoms with Gasteiger partial charge in [0, 0.05) is 5.33 Å². The molecule has 162 valence electrons. The average molecular weight is 450 g/mol. The third-order valence-electron chi connectivity index (χ3n) is 5.01. The van der Waals surface area contributed by atoms with Gasteiger partial charge in [0.05, 0.1) is 6.61 Å². The summed E-state index contributed by atoms with van der Waals surface area (Å²) in [4.78, 5) is 11.6. The highest BCUT2D eigenvalue weighted by Gasteiger charge is 2.10. The molecular formula is C23H45BrO3. The Labute approximate surface area is 177 Å². The van der Waals surface area contributed by atoms with Crippen molar-refractivity contribution in [2.75, 3.05) is 11.9 Å². The van der Waals surface area contributed by atoms with Crippen LogP contribution in [-0.2, 0) is 9.47 Å². The topological polar surface area (TPSA) is 35.5 Å². The summed E-state index contributed by atoms with van der Waals surface area (Å²) in [5.41, 5.74) is 0. The molecule has 0 aliphatic heterocycles. The van der Waals surface area contributed by atoms with E-state index in [0.29, 0.717) is 6.61 Å². The Balaban J connectivity index is 3.26. The maximum atomic E-state index is 11.6. The Morgan fingerprint density at radius 2 is 1.22 bits per heavy atom. The van der Waals surface area contributed by atoms with Crippen LogP contribution in [0.4, 0.5) is 4.79 Å². The minimum Gasteiger partial charge on any atom is -0.434 e. The first-order chi connectivity index (χ1) is 13.2. The molecule has 0 aliphatic rings. The number of hydrogen-bond donors (Lipinski definition) is 0. The highest BCUT2D eigenvalue weighted by Crippen LogP contribution is 2.14. The summed E-state index contributed by atoms with van der Waals surface area (Å²) in [5, 5.41) is 1.01. The lowest BCUT2D eigenvalue weighted by Gasteiger charge is -2.13. The summed E-state index contributed by atoms with van der Waals surface area (Å²) in [5.74, 6) is 0. The van der Waals surface area contributed by atoms with Crippen molar-refractivity contribution in [2.24, 2.45) is 0 Å². The predicted molar refractivity (Wildman–Crippen MR) is 120 cm³/mol. The van der Waals surface area contributed by atoms with Gasteiger partial charge in [-0.15, -0.1) is 0 Å². The second-order valence-electron chi connectivity index (χ2n) is 7.81. The van der Waals surface area contributed by atoms with Crippen LogP contribution in [0.5, 0.6) is 0 Å². The maximum absolute atomic E-state index is 11.6. The van der Waals surface area contributed by atoms with E-state index in [-0.39, 0.29) is 6.10 Å². The molecule has 0 saturated carbocycles. The molecule has 0 aromatic rings. The summed E-state index contributed by atoms with van der Waals surface area (Å²) in [6.07, 6.45) is 21.2. The highest BCUT2D eigenvalue weighted by molar-refractivity contribution is 9.09. The standard InChI is InChI=1S/C23H45BrO3/c1-3-4-5-6-7-8-9-10-11-12-13-14-16-19-22(2)27-23(25)26-21-18-15-17-20-24/h22H,3-21H2,1-2H3. The van der Waals surface area contributed by atoms with Crippen molar-refractivity contribution in [2.45, 2.75) is 129 Å². The van der Waals surface area contributed by atoms with Crippen LogP contribution >= 0.6 is 15.9 Å². The van der Waals surface area contributed by atoms with Gasteiger partial charge < -0.3 is 9.47 Å². The van der Waals surface area contributed by atoms with Gasteiger partial charge >= 0.3 is 6.16 Å². The monoisotopic (exact) mass is 448 g/mol. The molecule has 0 heterocycles. The zero-order valence-electron chi connectivity index (χ0n) is 18.1. The van der Waals surface area contributed by atoms with Crippen molar-refractivity contribution in [1.82, 2.24) is 0 Å². The highest BCUT2D eigenvalue weighted by atomic mass is 79.9. The fourth-order valence-electron chi connectivity index (χ4n) is 3.24. The largest absolute Gasteiger partial charge is 0.508 e. The molecule has 0 N–H and O–H groups in total. The molecule has 0 amide bonds. The lowest BCUT2D eigenvalue weighted by Crippen LogP contribution is -2.16. The second-order valence-corrected chi connectivity index (χ2v) is 8.60. The lowest BCUT2D eigenvalue weighted by atomic mass is 10.0. The van der Waals surface area contributed by atoms with Crippen LogP contribution < -0.4 is 0 Å². The number of ether oxygens (including phenoxy) is 2. The Bertz CT molecular complexity index is 310. The SMILES string of the molecule is CCCCCCCCCCCCCCCC(C)OC(=O)OCCCCCBr. The number of carbonyl (C=O) groups is 1. The Morgan fingerprint density at radius 1 is 0.741 bits per heavy atom. The zero-order chi connectivity index (χ0) is 20.0. The summed E-state index contributed by atoms with van der Waals surface area (Å²) in [6, 6.07) is 0. The molecule has 4 heteroatoms. The number of halogens is 1. The maximum Gasteiger partial charge on any atom is 0.508 e. The fourth-order valence-corrected chi connectivity index (χ4v) is 3.63. The summed E-state index contributed by atoms with van der Waals surface area (Å²) >= 11 is 3.39. The summed E-state index contributed by atoms with van der Waals surface area (Å²) in [7, 11) is 0. The number of alkyl halides is 1. The molecule has 0 aliphatic carbocycles. The van der Waals surface area contributed by atoms with Gasteiger partial charge in [-0.3, -0.25) is 0 Å². The predicted octanol–water partition coefficient (Wildman–Crippen LogP) is 8.57. The molecule has 0 saturated heterocycles. The molecule has 0 radical (unpaired) electrons. The van der Waals surface area contributed by atoms with Crippen LogP contribution in [0, 0.1) is 0 Å². The van der Waals surface area contributed by atoms with E-state index in [2.05, 4.69) is 22.9 Å². The summed E-state index contributed by atoms with van der Waals surface area (Å²) < 4.78 is 10.4. The van der Waals surface area contributed by atoms with E-state index in [4.69, 9.17) is 9.47 Å². The van der Waals surface area contributed by atoms with E-state index >= 15 is 0 Å². The van der Waals surface area contributed by atoms with Crippen LogP contribution in [0.2, 0.25) is 0 Å². The molecule has 0 spiro atoms. The van der Waals surface area contributed by atoms with E-state index in [1.807, 2.05) is 6.92 Å². The molecule has 0 aromatic heterocycles. The van der Waals surface area contributed by atoms with Crippen molar-refractivity contribution < 1.29 is 14.3 Å². The van der Waals surface area contributed by atoms with Crippen LogP contribution in [0.25, 0.3) is 0 Å². The summed E-state index contributed by atoms with van der Waals surface area (Å²) in [6.45, 7) is 4.71. The van der Waals surface area contributed by atoms with Gasteiger partial charge in [0.25, 0.3) is 0 Å². The van der Waals surface area contributed by atoms with E-state index in [0.717, 1.165) is 37.4 Å². The van der Waals surface area contributed by atoms with Crippen molar-refractivity contribution in [3.8, 4) is 0 Å². The molecule has 27 heavy (non-hydrogen) atoms. The number of carbonyl (C=O) groups excluding carboxylic acids is 1. The van der Waals surface area contributed by atoms with Crippen LogP contribution in [0.3, 0.4) is 0 Å². The van der Waals surface area contributed by atoms with Gasteiger partial charge in [-0.2, -0.15) is 0 Å². The Hall–Kier alpha value is -0.250. The second kappa shape index (κ2) is 22.0. The van der Waals surface area contributed by atoms with E-state index in [1.54, 1.807) is 0 Å². The molecule has 0 aromatic carbocycles. The quantitative estimate of drug-likeness (QED) is 0.106. The molecule has 0 bridgehead atoms. The van der Waals surface area contributed by atoms with Crippen LogP contribution in [0.15, 0.2) is 0 Å². The normalized spacial score (nSPS) is 12.1. The molecular weight excluding hydrogens is 404 g/mol. The van der Waals surface area contributed by atoms with Gasteiger partial charge in [0.15, 0.2) is 0 Å². The van der Waals surface area contributed by atoms with Crippen LogP contribution in [0.1, 0.15) is 123 Å². The molecule has 0 rings (SSSR count). The minimum atomic E-state index is -0.504. The first-order valence-electron chi connectivity index (χ1n) is 11.6. The van der Waals surface area contributed by atoms with Crippen molar-refractivity contribution in [3.05, 3.63) is 0 Å². The Morgan fingerprint density at radius 3 is 1.74 bits per heavy atom. The van der Waals surface area contributed by atoms with Gasteiger partial charge in [0.1, 0.15) is 6.10 Å². The third kappa shape index (κ3) is 21.9. The molecule has 0 fully saturated rings. The first-order valence-corrected chi connectivity index (χ1v) is 12.7. The average Bonchev–Trinajstić information content (AvgIpc) is 2.65. The third-order valence-corrected chi connectivity index (χ3v) is 5.57. The van der Waals surface area contributed by atoms with Gasteiger partial charge in [0.2, 0.25) is 0 Å². The van der Waals surface area contributed by atoms with Gasteiger partial charge in [-0.25, -0.2) is 4.79 Å². The van der Waals surface area contributed by atoms with Gasteiger partial charge in [-0.05, 0) is 39.0 Å². The number of unbranched alkanes of at least 4 members (excludes halogenated alkanes) is 14. The fraction of sp³-hybridized carbons (Fsp3) is 0.957. The number of rotatable bonds is 20. The number of hydrogen-bond acceptors (Lipinski definition) is 3. The van der Waals surface area contributed by atoms with Crippen molar-refractivity contribution >= 4 is 22.1 Å². The van der Waals surface area contributed by atoms with Crippen molar-refractivity contribution in [1.29, 1.82) is 0 Å². The van der Waals surface area contributed by atoms with Gasteiger partial charge in [-0.1, -0.05) is 99.9 Å². The minimum absolute atomic E-state index is 0.0345. The Kier molecular flexibility index (Phi) is 21.8. The smallest absolute Gasteiger partial charge is 0.434 e. The van der Waals surface area contributed by atoms with E-state index in [9.17, 15) is 4.79 Å². The van der Waals surface area contributed by atoms with E-state index < -0.39 is 6.16 Å². The zero-order valence-corrected chi connectivity index (χ0v) is 19.7. The lowest BCUT2D eigenvalue weighted by molar-refractivity contribution is 0.0252. The van der Waals surface area contributed by atoms with Crippen LogP contribution in [-0.4, -0.2) is 24.2 Å². The van der Waals surface area contributed by atoms with E-state index in [1.165, 1.54) is 77.0 Å². The first kappa shape index (κ1) is 26.8. The molecule has 1 unspecified atom stereocenters. The molecule has 3 nitrogen and oxygen atoms in total.